The van der Waals surface area contributed by atoms with Gasteiger partial charge in [0.2, 0.25) is 5.91 Å². The Labute approximate surface area is 146 Å². The lowest BCUT2D eigenvalue weighted by molar-refractivity contribution is -0.120. The van der Waals surface area contributed by atoms with Crippen molar-refractivity contribution in [2.75, 3.05) is 24.5 Å². The number of nitrogens with zero attached hydrogens (tertiary/aromatic N) is 4. The summed E-state index contributed by atoms with van der Waals surface area (Å²) in [5.41, 5.74) is 1.07. The van der Waals surface area contributed by atoms with Crippen molar-refractivity contribution in [2.45, 2.75) is 36.6 Å². The van der Waals surface area contributed by atoms with Gasteiger partial charge in [-0.15, -0.1) is 11.8 Å². The minimum atomic E-state index is 0.192. The van der Waals surface area contributed by atoms with Crippen LogP contribution in [-0.2, 0) is 17.9 Å². The first kappa shape index (κ1) is 15.7. The second-order valence-electron chi connectivity index (χ2n) is 6.48. The summed E-state index contributed by atoms with van der Waals surface area (Å²) >= 11 is 1.87. The summed E-state index contributed by atoms with van der Waals surface area (Å²) in [7, 11) is 0. The number of amides is 1. The second kappa shape index (κ2) is 6.61. The molecular formula is C18H22N4OS. The number of thioether (sulfide) groups is 1. The maximum absolute atomic E-state index is 13.0. The summed E-state index contributed by atoms with van der Waals surface area (Å²) in [6, 6.07) is 8.27. The molecule has 3 heterocycles. The van der Waals surface area contributed by atoms with Crippen LogP contribution in [0.1, 0.15) is 19.2 Å². The molecule has 0 unspecified atom stereocenters. The van der Waals surface area contributed by atoms with Crippen molar-refractivity contribution in [3.8, 4) is 0 Å². The molecule has 0 saturated heterocycles. The number of carbonyl (C=O) groups is 1. The maximum Gasteiger partial charge on any atom is 0.241 e. The zero-order chi connectivity index (χ0) is 16.5. The molecule has 2 aromatic rings. The van der Waals surface area contributed by atoms with Crippen molar-refractivity contribution in [1.29, 1.82) is 0 Å². The largest absolute Gasteiger partial charge is 0.333 e. The fraction of sp³-hybridized carbons (Fsp3) is 0.444. The van der Waals surface area contributed by atoms with Gasteiger partial charge in [-0.05, 0) is 18.6 Å². The molecule has 0 aliphatic carbocycles. The van der Waals surface area contributed by atoms with Crippen molar-refractivity contribution in [3.63, 3.8) is 0 Å². The molecule has 2 aliphatic heterocycles. The number of imidazole rings is 1. The first-order valence-corrected chi connectivity index (χ1v) is 9.37. The Kier molecular flexibility index (Phi) is 4.33. The standard InChI is InChI=1S/C18H22N4OS/c1-14-6-8-22(15-4-2-3-5-16(15)24-14)18(23)13-20-10-11-21-9-7-19-17(21)12-20/h2-5,7,9,14H,6,8,10-13H2,1H3/t14-/m0/s1. The molecule has 1 aromatic carbocycles. The van der Waals surface area contributed by atoms with Crippen LogP contribution in [0.3, 0.4) is 0 Å². The molecule has 0 spiro atoms. The first-order chi connectivity index (χ1) is 11.7. The molecule has 1 amide bonds. The molecule has 0 radical (unpaired) electrons. The van der Waals surface area contributed by atoms with Crippen LogP contribution in [0.5, 0.6) is 0 Å². The van der Waals surface area contributed by atoms with Crippen molar-refractivity contribution >= 4 is 23.4 Å². The third-order valence-electron chi connectivity index (χ3n) is 4.73. The molecule has 0 fully saturated rings. The van der Waals surface area contributed by atoms with Gasteiger partial charge in [-0.25, -0.2) is 4.98 Å². The molecule has 1 atom stereocenters. The molecule has 0 saturated carbocycles. The highest BCUT2D eigenvalue weighted by Gasteiger charge is 2.26. The summed E-state index contributed by atoms with van der Waals surface area (Å²) in [5.74, 6) is 1.24. The average molecular weight is 342 g/mol. The summed E-state index contributed by atoms with van der Waals surface area (Å²) in [6.07, 6.45) is 4.87. The van der Waals surface area contributed by atoms with Gasteiger partial charge in [0.15, 0.2) is 0 Å². The van der Waals surface area contributed by atoms with Gasteiger partial charge in [0.1, 0.15) is 5.82 Å². The fourth-order valence-corrected chi connectivity index (χ4v) is 4.49. The Bertz CT molecular complexity index is 744. The summed E-state index contributed by atoms with van der Waals surface area (Å²) < 4.78 is 2.17. The van der Waals surface area contributed by atoms with Crippen LogP contribution in [0, 0.1) is 0 Å². The molecule has 2 aliphatic rings. The number of fused-ring (bicyclic) bond motifs is 2. The van der Waals surface area contributed by atoms with E-state index in [1.807, 2.05) is 35.1 Å². The van der Waals surface area contributed by atoms with E-state index in [2.05, 4.69) is 39.6 Å². The van der Waals surface area contributed by atoms with E-state index in [-0.39, 0.29) is 5.91 Å². The van der Waals surface area contributed by atoms with E-state index >= 15 is 0 Å². The van der Waals surface area contributed by atoms with Crippen LogP contribution in [-0.4, -0.2) is 45.2 Å². The van der Waals surface area contributed by atoms with Crippen molar-refractivity contribution in [1.82, 2.24) is 14.5 Å². The number of hydrogen-bond donors (Lipinski definition) is 0. The van der Waals surface area contributed by atoms with E-state index in [1.54, 1.807) is 0 Å². The van der Waals surface area contributed by atoms with Gasteiger partial charge in [0.25, 0.3) is 0 Å². The number of carbonyl (C=O) groups excluding carboxylic acids is 1. The number of rotatable bonds is 2. The second-order valence-corrected chi connectivity index (χ2v) is 7.96. The lowest BCUT2D eigenvalue weighted by atomic mass is 10.2. The molecule has 126 valence electrons. The topological polar surface area (TPSA) is 41.4 Å². The SMILES string of the molecule is C[C@H]1CCN(C(=O)CN2CCn3ccnc3C2)c2ccccc2S1. The summed E-state index contributed by atoms with van der Waals surface area (Å²) in [4.78, 5) is 22.8. The lowest BCUT2D eigenvalue weighted by Gasteiger charge is -2.30. The van der Waals surface area contributed by atoms with Crippen LogP contribution < -0.4 is 4.90 Å². The fourth-order valence-electron chi connectivity index (χ4n) is 3.38. The third kappa shape index (κ3) is 3.08. The van der Waals surface area contributed by atoms with Crippen molar-refractivity contribution in [2.24, 2.45) is 0 Å². The molecular weight excluding hydrogens is 320 g/mol. The van der Waals surface area contributed by atoms with Gasteiger partial charge in [-0.3, -0.25) is 9.69 Å². The third-order valence-corrected chi connectivity index (χ3v) is 5.96. The maximum atomic E-state index is 13.0. The molecule has 0 N–H and O–H groups in total. The van der Waals surface area contributed by atoms with E-state index in [0.717, 1.165) is 44.1 Å². The van der Waals surface area contributed by atoms with Crippen LogP contribution >= 0.6 is 11.8 Å². The predicted octanol–water partition coefficient (Wildman–Crippen LogP) is 2.62. The predicted molar refractivity (Wildman–Crippen MR) is 96.2 cm³/mol. The highest BCUT2D eigenvalue weighted by atomic mass is 32.2. The number of aromatic nitrogens is 2. The number of hydrogen-bond acceptors (Lipinski definition) is 4. The Morgan fingerprint density at radius 3 is 3.08 bits per heavy atom. The van der Waals surface area contributed by atoms with E-state index in [4.69, 9.17) is 0 Å². The molecule has 1 aromatic heterocycles. The van der Waals surface area contributed by atoms with Gasteiger partial charge < -0.3 is 9.47 Å². The highest BCUT2D eigenvalue weighted by molar-refractivity contribution is 8.00. The number of benzene rings is 1. The molecule has 24 heavy (non-hydrogen) atoms. The molecule has 6 heteroatoms. The van der Waals surface area contributed by atoms with Gasteiger partial charge in [0.05, 0.1) is 18.8 Å². The Morgan fingerprint density at radius 2 is 2.17 bits per heavy atom. The highest BCUT2D eigenvalue weighted by Crippen LogP contribution is 2.37. The van der Waals surface area contributed by atoms with Crippen molar-refractivity contribution in [3.05, 3.63) is 42.5 Å². The molecule has 0 bridgehead atoms. The monoisotopic (exact) mass is 342 g/mol. The quantitative estimate of drug-likeness (QED) is 0.841. The van der Waals surface area contributed by atoms with Crippen molar-refractivity contribution < 1.29 is 4.79 Å². The van der Waals surface area contributed by atoms with E-state index in [9.17, 15) is 4.79 Å². The normalized spacial score (nSPS) is 21.0. The van der Waals surface area contributed by atoms with Gasteiger partial charge in [-0.2, -0.15) is 0 Å². The van der Waals surface area contributed by atoms with Crippen LogP contribution in [0.15, 0.2) is 41.6 Å². The Morgan fingerprint density at radius 1 is 1.29 bits per heavy atom. The Hall–Kier alpha value is -1.79. The van der Waals surface area contributed by atoms with Crippen LogP contribution in [0.25, 0.3) is 0 Å². The van der Waals surface area contributed by atoms with E-state index < -0.39 is 0 Å². The van der Waals surface area contributed by atoms with Gasteiger partial charge in [0, 0.05) is 42.2 Å². The zero-order valence-corrected chi connectivity index (χ0v) is 14.7. The van der Waals surface area contributed by atoms with Gasteiger partial charge in [-0.1, -0.05) is 19.1 Å². The first-order valence-electron chi connectivity index (χ1n) is 8.49. The summed E-state index contributed by atoms with van der Waals surface area (Å²) in [6.45, 7) is 6.05. The van der Waals surface area contributed by atoms with Gasteiger partial charge >= 0.3 is 0 Å². The van der Waals surface area contributed by atoms with E-state index in [0.29, 0.717) is 11.8 Å². The molecule has 4 rings (SSSR count). The summed E-state index contributed by atoms with van der Waals surface area (Å²) in [5, 5.41) is 0.534. The number of anilines is 1. The van der Waals surface area contributed by atoms with E-state index in [1.165, 1.54) is 4.90 Å². The minimum Gasteiger partial charge on any atom is -0.333 e. The minimum absolute atomic E-state index is 0.192. The number of para-hydroxylation sites is 1. The molecule has 5 nitrogen and oxygen atoms in total. The Balaban J connectivity index is 1.50. The average Bonchev–Trinajstić information content (AvgIpc) is 2.96. The lowest BCUT2D eigenvalue weighted by Crippen LogP contribution is -2.43. The van der Waals surface area contributed by atoms with Crippen LogP contribution in [0.4, 0.5) is 5.69 Å². The zero-order valence-electron chi connectivity index (χ0n) is 13.9. The van der Waals surface area contributed by atoms with Crippen LogP contribution in [0.2, 0.25) is 0 Å². The smallest absolute Gasteiger partial charge is 0.241 e.